The normalized spacial score (nSPS) is 11.6. The second-order valence-corrected chi connectivity index (χ2v) is 3.57. The molecule has 92 valence electrons. The maximum Gasteiger partial charge on any atom is 0.158 e. The van der Waals surface area contributed by atoms with E-state index in [1.165, 1.54) is 0 Å². The van der Waals surface area contributed by atoms with E-state index in [0.717, 1.165) is 32.5 Å². The largest absolute Gasteiger partial charge is 0.353 e. The van der Waals surface area contributed by atoms with Crippen LogP contribution in [-0.2, 0) is 9.47 Å². The van der Waals surface area contributed by atoms with E-state index < -0.39 is 0 Å². The van der Waals surface area contributed by atoms with Crippen molar-refractivity contribution in [3.8, 4) is 0 Å². The fourth-order valence-corrected chi connectivity index (χ4v) is 1.39. The Labute approximate surface area is 93.7 Å². The number of hydrogen-bond acceptors (Lipinski definition) is 4. The van der Waals surface area contributed by atoms with Gasteiger partial charge in [0.15, 0.2) is 6.29 Å². The molecule has 0 aromatic carbocycles. The summed E-state index contributed by atoms with van der Waals surface area (Å²) in [6.07, 6.45) is 1.91. The molecule has 2 N–H and O–H groups in total. The molecule has 0 aromatic heterocycles. The molecule has 0 amide bonds. The minimum atomic E-state index is -0.0553. The molecule has 0 aliphatic heterocycles. The Morgan fingerprint density at radius 1 is 1.13 bits per heavy atom. The molecule has 4 heteroatoms. The van der Waals surface area contributed by atoms with Crippen molar-refractivity contribution < 1.29 is 9.47 Å². The van der Waals surface area contributed by atoms with Crippen molar-refractivity contribution in [2.24, 2.45) is 5.73 Å². The number of rotatable bonds is 10. The van der Waals surface area contributed by atoms with Crippen molar-refractivity contribution in [3.63, 3.8) is 0 Å². The van der Waals surface area contributed by atoms with E-state index in [2.05, 4.69) is 11.9 Å². The molecule has 15 heavy (non-hydrogen) atoms. The second-order valence-electron chi connectivity index (χ2n) is 3.57. The lowest BCUT2D eigenvalue weighted by atomic mass is 10.3. The highest BCUT2D eigenvalue weighted by Crippen LogP contribution is 2.02. The van der Waals surface area contributed by atoms with Crippen molar-refractivity contribution in [3.05, 3.63) is 0 Å². The average Bonchev–Trinajstić information content (AvgIpc) is 2.23. The van der Waals surface area contributed by atoms with Gasteiger partial charge in [0.2, 0.25) is 0 Å². The summed E-state index contributed by atoms with van der Waals surface area (Å²) in [6.45, 7) is 8.18. The monoisotopic (exact) mass is 218 g/mol. The molecule has 0 aliphatic carbocycles. The molecule has 0 rings (SSSR count). The van der Waals surface area contributed by atoms with Crippen molar-refractivity contribution >= 4 is 0 Å². The molecule has 0 bridgehead atoms. The van der Waals surface area contributed by atoms with Crippen molar-refractivity contribution in [2.45, 2.75) is 33.0 Å². The topological polar surface area (TPSA) is 47.7 Å². The van der Waals surface area contributed by atoms with Crippen LogP contribution in [0.25, 0.3) is 0 Å². The average molecular weight is 218 g/mol. The molecule has 0 spiro atoms. The first-order valence-electron chi connectivity index (χ1n) is 5.86. The highest BCUT2D eigenvalue weighted by molar-refractivity contribution is 4.55. The third-order valence-corrected chi connectivity index (χ3v) is 2.20. The molecule has 0 aliphatic rings. The van der Waals surface area contributed by atoms with Gasteiger partial charge in [-0.25, -0.2) is 0 Å². The SMILES string of the molecule is CCOC(CCN(C)CCCN)OCC. The Hall–Kier alpha value is -0.160. The van der Waals surface area contributed by atoms with Gasteiger partial charge in [-0.2, -0.15) is 0 Å². The Kier molecular flexibility index (Phi) is 10.3. The Morgan fingerprint density at radius 2 is 1.73 bits per heavy atom. The van der Waals surface area contributed by atoms with E-state index in [9.17, 15) is 0 Å². The van der Waals surface area contributed by atoms with E-state index in [0.29, 0.717) is 13.2 Å². The Bertz CT molecular complexity index is 128. The zero-order valence-corrected chi connectivity index (χ0v) is 10.4. The van der Waals surface area contributed by atoms with Gasteiger partial charge in [-0.3, -0.25) is 0 Å². The van der Waals surface area contributed by atoms with Gasteiger partial charge in [-0.05, 0) is 40.4 Å². The zero-order chi connectivity index (χ0) is 11.5. The van der Waals surface area contributed by atoms with E-state index in [1.807, 2.05) is 13.8 Å². The molecule has 0 saturated heterocycles. The molecular formula is C11H26N2O2. The third kappa shape index (κ3) is 8.81. The van der Waals surface area contributed by atoms with Crippen LogP contribution in [-0.4, -0.2) is 51.1 Å². The molecule has 0 unspecified atom stereocenters. The summed E-state index contributed by atoms with van der Waals surface area (Å²) in [4.78, 5) is 2.26. The first kappa shape index (κ1) is 14.8. The molecule has 0 aromatic rings. The molecule has 4 nitrogen and oxygen atoms in total. The summed E-state index contributed by atoms with van der Waals surface area (Å²) in [7, 11) is 2.10. The molecule has 0 heterocycles. The number of nitrogens with two attached hydrogens (primary N) is 1. The van der Waals surface area contributed by atoms with Crippen LogP contribution in [0.1, 0.15) is 26.7 Å². The Morgan fingerprint density at radius 3 is 2.20 bits per heavy atom. The van der Waals surface area contributed by atoms with Crippen LogP contribution in [0.3, 0.4) is 0 Å². The van der Waals surface area contributed by atoms with Gasteiger partial charge in [0.25, 0.3) is 0 Å². The maximum absolute atomic E-state index is 5.46. The quantitative estimate of drug-likeness (QED) is 0.557. The van der Waals surface area contributed by atoms with E-state index in [-0.39, 0.29) is 6.29 Å². The second kappa shape index (κ2) is 10.4. The van der Waals surface area contributed by atoms with E-state index in [1.54, 1.807) is 0 Å². The lowest BCUT2D eigenvalue weighted by molar-refractivity contribution is -0.141. The standard InChI is InChI=1S/C11H26N2O2/c1-4-14-11(15-5-2)7-10-13(3)9-6-8-12/h11H,4-10,12H2,1-3H3. The predicted molar refractivity (Wildman–Crippen MR) is 62.8 cm³/mol. The lowest BCUT2D eigenvalue weighted by Crippen LogP contribution is -2.28. The summed E-state index contributed by atoms with van der Waals surface area (Å²) in [5, 5.41) is 0. The number of nitrogens with zero attached hydrogens (tertiary/aromatic N) is 1. The van der Waals surface area contributed by atoms with E-state index >= 15 is 0 Å². The Balaban J connectivity index is 3.57. The smallest absolute Gasteiger partial charge is 0.158 e. The van der Waals surface area contributed by atoms with Crippen LogP contribution >= 0.6 is 0 Å². The first-order valence-corrected chi connectivity index (χ1v) is 5.86. The summed E-state index contributed by atoms with van der Waals surface area (Å²) in [5.74, 6) is 0. The van der Waals surface area contributed by atoms with Crippen LogP contribution in [0.5, 0.6) is 0 Å². The molecular weight excluding hydrogens is 192 g/mol. The van der Waals surface area contributed by atoms with Crippen molar-refractivity contribution in [1.29, 1.82) is 0 Å². The lowest BCUT2D eigenvalue weighted by Gasteiger charge is -2.21. The van der Waals surface area contributed by atoms with Gasteiger partial charge in [0, 0.05) is 26.2 Å². The molecule has 0 radical (unpaired) electrons. The molecule has 0 fully saturated rings. The maximum atomic E-state index is 5.46. The van der Waals surface area contributed by atoms with Gasteiger partial charge in [0.05, 0.1) is 0 Å². The van der Waals surface area contributed by atoms with E-state index in [4.69, 9.17) is 15.2 Å². The minimum Gasteiger partial charge on any atom is -0.353 e. The highest BCUT2D eigenvalue weighted by atomic mass is 16.7. The first-order chi connectivity index (χ1) is 7.24. The van der Waals surface area contributed by atoms with Gasteiger partial charge in [-0.1, -0.05) is 0 Å². The van der Waals surface area contributed by atoms with Crippen molar-refractivity contribution in [1.82, 2.24) is 4.90 Å². The third-order valence-electron chi connectivity index (χ3n) is 2.20. The van der Waals surface area contributed by atoms with Gasteiger partial charge >= 0.3 is 0 Å². The summed E-state index contributed by atoms with van der Waals surface area (Å²) >= 11 is 0. The number of ether oxygens (including phenoxy) is 2. The summed E-state index contributed by atoms with van der Waals surface area (Å²) in [5.41, 5.74) is 5.45. The minimum absolute atomic E-state index is 0.0553. The fourth-order valence-electron chi connectivity index (χ4n) is 1.39. The van der Waals surface area contributed by atoms with Crippen LogP contribution in [0.4, 0.5) is 0 Å². The highest BCUT2D eigenvalue weighted by Gasteiger charge is 2.08. The van der Waals surface area contributed by atoms with Crippen LogP contribution in [0, 0.1) is 0 Å². The summed E-state index contributed by atoms with van der Waals surface area (Å²) < 4.78 is 10.9. The van der Waals surface area contributed by atoms with Crippen LogP contribution < -0.4 is 5.73 Å². The zero-order valence-electron chi connectivity index (χ0n) is 10.4. The van der Waals surface area contributed by atoms with Crippen LogP contribution in [0.15, 0.2) is 0 Å². The van der Waals surface area contributed by atoms with Crippen LogP contribution in [0.2, 0.25) is 0 Å². The van der Waals surface area contributed by atoms with Crippen molar-refractivity contribution in [2.75, 3.05) is 39.9 Å². The predicted octanol–water partition coefficient (Wildman–Crippen LogP) is 1.06. The van der Waals surface area contributed by atoms with Gasteiger partial charge < -0.3 is 20.1 Å². The van der Waals surface area contributed by atoms with Gasteiger partial charge in [0.1, 0.15) is 0 Å². The number of hydrogen-bond donors (Lipinski definition) is 1. The molecule has 0 atom stereocenters. The summed E-state index contributed by atoms with van der Waals surface area (Å²) in [6, 6.07) is 0. The molecule has 0 saturated carbocycles. The van der Waals surface area contributed by atoms with Gasteiger partial charge in [-0.15, -0.1) is 0 Å². The fraction of sp³-hybridized carbons (Fsp3) is 1.00.